The van der Waals surface area contributed by atoms with Gasteiger partial charge in [-0.3, -0.25) is 0 Å². The average Bonchev–Trinajstić information content (AvgIpc) is 2.47. The van der Waals surface area contributed by atoms with E-state index in [-0.39, 0.29) is 0 Å². The zero-order valence-electron chi connectivity index (χ0n) is 11.8. The van der Waals surface area contributed by atoms with Crippen molar-refractivity contribution in [3.63, 3.8) is 0 Å². The van der Waals surface area contributed by atoms with Gasteiger partial charge in [0.15, 0.2) is 0 Å². The molecule has 0 aliphatic carbocycles. The third-order valence-corrected chi connectivity index (χ3v) is 2.71. The summed E-state index contributed by atoms with van der Waals surface area (Å²) in [5.41, 5.74) is -0.415. The van der Waals surface area contributed by atoms with E-state index in [2.05, 4.69) is 20.6 Å². The predicted octanol–water partition coefficient (Wildman–Crippen LogP) is 3.30. The molecule has 5 nitrogen and oxygen atoms in total. The molecule has 0 amide bonds. The fourth-order valence-corrected chi connectivity index (χ4v) is 1.70. The molecular weight excluding hydrogens is 297 g/mol. The minimum Gasteiger partial charge on any atom is -0.383 e. The number of alkyl halides is 3. The molecule has 2 rings (SSSR count). The van der Waals surface area contributed by atoms with E-state index in [1.165, 1.54) is 18.3 Å². The second kappa shape index (κ2) is 7.08. The lowest BCUT2D eigenvalue weighted by Gasteiger charge is -2.11. The highest BCUT2D eigenvalue weighted by molar-refractivity contribution is 5.58. The van der Waals surface area contributed by atoms with Crippen LogP contribution in [0.25, 0.3) is 0 Å². The zero-order chi connectivity index (χ0) is 16.0. The second-order valence-corrected chi connectivity index (χ2v) is 4.39. The fourth-order valence-electron chi connectivity index (χ4n) is 1.70. The Morgan fingerprint density at radius 1 is 1.23 bits per heavy atom. The molecule has 0 saturated carbocycles. The molecule has 2 N–H and O–H groups in total. The topological polar surface area (TPSA) is 59.1 Å². The number of methoxy groups -OCH3 is 1. The standard InChI is InChI=1S/C14H15F3N4O/c1-22-8-7-19-13-18-6-5-12(21-13)20-11-4-2-3-10(9-11)14(15,16)17/h2-6,9H,7-8H2,1H3,(H2,18,19,20,21). The largest absolute Gasteiger partial charge is 0.416 e. The summed E-state index contributed by atoms with van der Waals surface area (Å²) in [7, 11) is 1.58. The first-order valence-electron chi connectivity index (χ1n) is 6.49. The van der Waals surface area contributed by atoms with E-state index < -0.39 is 11.7 Å². The van der Waals surface area contributed by atoms with E-state index in [1.54, 1.807) is 13.2 Å². The van der Waals surface area contributed by atoms with Crippen LogP contribution in [-0.4, -0.2) is 30.2 Å². The van der Waals surface area contributed by atoms with Crippen LogP contribution < -0.4 is 10.6 Å². The van der Waals surface area contributed by atoms with Crippen LogP contribution >= 0.6 is 0 Å². The smallest absolute Gasteiger partial charge is 0.383 e. The monoisotopic (exact) mass is 312 g/mol. The number of ether oxygens (including phenoxy) is 1. The molecule has 0 bridgehead atoms. The summed E-state index contributed by atoms with van der Waals surface area (Å²) in [6, 6.07) is 6.49. The van der Waals surface area contributed by atoms with Gasteiger partial charge in [0, 0.05) is 25.5 Å². The molecular formula is C14H15F3N4O. The number of benzene rings is 1. The zero-order valence-corrected chi connectivity index (χ0v) is 11.8. The quantitative estimate of drug-likeness (QED) is 0.802. The van der Waals surface area contributed by atoms with E-state index in [9.17, 15) is 13.2 Å². The Hall–Kier alpha value is -2.35. The van der Waals surface area contributed by atoms with Crippen molar-refractivity contribution in [2.45, 2.75) is 6.18 Å². The van der Waals surface area contributed by atoms with Gasteiger partial charge in [0.05, 0.1) is 12.2 Å². The lowest BCUT2D eigenvalue weighted by molar-refractivity contribution is -0.137. The maximum atomic E-state index is 12.7. The first-order valence-corrected chi connectivity index (χ1v) is 6.49. The normalized spacial score (nSPS) is 11.3. The van der Waals surface area contributed by atoms with Crippen LogP contribution in [0.3, 0.4) is 0 Å². The van der Waals surface area contributed by atoms with Crippen molar-refractivity contribution < 1.29 is 17.9 Å². The van der Waals surface area contributed by atoms with E-state index >= 15 is 0 Å². The second-order valence-electron chi connectivity index (χ2n) is 4.39. The Balaban J connectivity index is 2.09. The van der Waals surface area contributed by atoms with Gasteiger partial charge < -0.3 is 15.4 Å². The fraction of sp³-hybridized carbons (Fsp3) is 0.286. The van der Waals surface area contributed by atoms with Crippen molar-refractivity contribution in [1.82, 2.24) is 9.97 Å². The molecule has 0 atom stereocenters. The van der Waals surface area contributed by atoms with Crippen molar-refractivity contribution in [1.29, 1.82) is 0 Å². The Bertz CT molecular complexity index is 619. The predicted molar refractivity (Wildman–Crippen MR) is 77.1 cm³/mol. The molecule has 118 valence electrons. The van der Waals surface area contributed by atoms with Crippen LogP contribution in [0.4, 0.5) is 30.6 Å². The molecule has 0 aliphatic heterocycles. The van der Waals surface area contributed by atoms with Crippen LogP contribution in [-0.2, 0) is 10.9 Å². The number of hydrogen-bond donors (Lipinski definition) is 2. The third-order valence-electron chi connectivity index (χ3n) is 2.71. The van der Waals surface area contributed by atoms with Gasteiger partial charge in [-0.05, 0) is 24.3 Å². The first-order chi connectivity index (χ1) is 10.5. The molecule has 0 aliphatic rings. The highest BCUT2D eigenvalue weighted by Crippen LogP contribution is 2.31. The van der Waals surface area contributed by atoms with Crippen molar-refractivity contribution in [2.24, 2.45) is 0 Å². The molecule has 2 aromatic rings. The van der Waals surface area contributed by atoms with Crippen molar-refractivity contribution in [3.8, 4) is 0 Å². The molecule has 1 heterocycles. The molecule has 22 heavy (non-hydrogen) atoms. The van der Waals surface area contributed by atoms with Gasteiger partial charge in [-0.15, -0.1) is 0 Å². The van der Waals surface area contributed by atoms with Gasteiger partial charge in [-0.2, -0.15) is 18.2 Å². The van der Waals surface area contributed by atoms with Gasteiger partial charge in [0.25, 0.3) is 0 Å². The van der Waals surface area contributed by atoms with Crippen LogP contribution in [0.1, 0.15) is 5.56 Å². The maximum Gasteiger partial charge on any atom is 0.416 e. The van der Waals surface area contributed by atoms with Gasteiger partial charge >= 0.3 is 6.18 Å². The minimum atomic E-state index is -4.38. The molecule has 0 fully saturated rings. The summed E-state index contributed by atoms with van der Waals surface area (Å²) in [5, 5.41) is 5.77. The molecule has 8 heteroatoms. The Morgan fingerprint density at radius 2 is 2.05 bits per heavy atom. The van der Waals surface area contributed by atoms with E-state index in [0.29, 0.717) is 30.6 Å². The molecule has 1 aromatic heterocycles. The van der Waals surface area contributed by atoms with Crippen LogP contribution in [0.5, 0.6) is 0 Å². The average molecular weight is 312 g/mol. The van der Waals surface area contributed by atoms with Crippen LogP contribution in [0.2, 0.25) is 0 Å². The van der Waals surface area contributed by atoms with E-state index in [4.69, 9.17) is 4.74 Å². The lowest BCUT2D eigenvalue weighted by atomic mass is 10.2. The molecule has 0 saturated heterocycles. The van der Waals surface area contributed by atoms with Crippen LogP contribution in [0.15, 0.2) is 36.5 Å². The number of aromatic nitrogens is 2. The Morgan fingerprint density at radius 3 is 2.77 bits per heavy atom. The van der Waals surface area contributed by atoms with Gasteiger partial charge in [-0.1, -0.05) is 6.07 Å². The Kier molecular flexibility index (Phi) is 5.16. The molecule has 1 aromatic carbocycles. The van der Waals surface area contributed by atoms with Crippen LogP contribution in [0, 0.1) is 0 Å². The van der Waals surface area contributed by atoms with Gasteiger partial charge in [0.2, 0.25) is 5.95 Å². The number of rotatable bonds is 6. The molecule has 0 unspecified atom stereocenters. The third kappa shape index (κ3) is 4.59. The Labute approximate surface area is 125 Å². The van der Waals surface area contributed by atoms with E-state index in [0.717, 1.165) is 12.1 Å². The van der Waals surface area contributed by atoms with Crippen molar-refractivity contribution in [3.05, 3.63) is 42.1 Å². The highest BCUT2D eigenvalue weighted by atomic mass is 19.4. The summed E-state index contributed by atoms with van der Waals surface area (Å²) in [5.74, 6) is 0.767. The highest BCUT2D eigenvalue weighted by Gasteiger charge is 2.30. The van der Waals surface area contributed by atoms with Crippen molar-refractivity contribution in [2.75, 3.05) is 30.9 Å². The maximum absolute atomic E-state index is 12.7. The summed E-state index contributed by atoms with van der Waals surface area (Å²) >= 11 is 0. The molecule has 0 spiro atoms. The number of nitrogens with zero attached hydrogens (tertiary/aromatic N) is 2. The summed E-state index contributed by atoms with van der Waals surface area (Å²) in [6.07, 6.45) is -2.87. The molecule has 0 radical (unpaired) electrons. The summed E-state index contributed by atoms with van der Waals surface area (Å²) < 4.78 is 42.9. The summed E-state index contributed by atoms with van der Waals surface area (Å²) in [4.78, 5) is 8.17. The number of nitrogens with one attached hydrogen (secondary N) is 2. The lowest BCUT2D eigenvalue weighted by Crippen LogP contribution is -2.10. The SMILES string of the molecule is COCCNc1nccc(Nc2cccc(C(F)(F)F)c2)n1. The van der Waals surface area contributed by atoms with Gasteiger partial charge in [0.1, 0.15) is 5.82 Å². The minimum absolute atomic E-state index is 0.302. The number of hydrogen-bond acceptors (Lipinski definition) is 5. The van der Waals surface area contributed by atoms with E-state index in [1.807, 2.05) is 0 Å². The number of halogens is 3. The summed E-state index contributed by atoms with van der Waals surface area (Å²) in [6.45, 7) is 1.03. The van der Waals surface area contributed by atoms with Gasteiger partial charge in [-0.25, -0.2) is 4.98 Å². The first kappa shape index (κ1) is 16.0. The van der Waals surface area contributed by atoms with Crippen molar-refractivity contribution >= 4 is 17.5 Å². The number of anilines is 3.